The lowest BCUT2D eigenvalue weighted by molar-refractivity contribution is 0.309. The van der Waals surface area contributed by atoms with Crippen LogP contribution in [0.15, 0.2) is 35.4 Å². The van der Waals surface area contributed by atoms with Crippen LogP contribution in [0.2, 0.25) is 0 Å². The van der Waals surface area contributed by atoms with Crippen LogP contribution >= 0.6 is 11.8 Å². The van der Waals surface area contributed by atoms with E-state index in [4.69, 9.17) is 4.98 Å². The number of benzene rings is 1. The maximum atomic E-state index is 9.64. The van der Waals surface area contributed by atoms with Gasteiger partial charge in [0.25, 0.3) is 0 Å². The number of thioether (sulfide) groups is 1. The Morgan fingerprint density at radius 3 is 2.71 bits per heavy atom. The molecule has 1 aromatic carbocycles. The lowest BCUT2D eigenvalue weighted by atomic mass is 9.92. The number of rotatable bonds is 2. The Bertz CT molecular complexity index is 704. The molecular weight excluding hydrogens is 278 g/mol. The number of nitriles is 1. The van der Waals surface area contributed by atoms with Crippen LogP contribution in [0.5, 0.6) is 0 Å². The minimum atomic E-state index is 0.711. The van der Waals surface area contributed by atoms with E-state index in [2.05, 4.69) is 30.1 Å². The number of pyridine rings is 1. The van der Waals surface area contributed by atoms with Gasteiger partial charge in [-0.3, -0.25) is 0 Å². The Balaban J connectivity index is 2.31. The average Bonchev–Trinajstić information content (AvgIpc) is 2.53. The van der Waals surface area contributed by atoms with Crippen LogP contribution in [0.25, 0.3) is 11.1 Å². The highest BCUT2D eigenvalue weighted by molar-refractivity contribution is 7.98. The van der Waals surface area contributed by atoms with Gasteiger partial charge in [-0.1, -0.05) is 30.3 Å². The SMILES string of the molecule is CSc1nc2c(c(-c3ccccc3)c1C#N)CN(C)CC2. The molecule has 1 aliphatic rings. The fourth-order valence-corrected chi connectivity index (χ4v) is 3.40. The van der Waals surface area contributed by atoms with Gasteiger partial charge in [0.05, 0.1) is 5.56 Å². The minimum absolute atomic E-state index is 0.711. The second-order valence-electron chi connectivity index (χ2n) is 5.26. The molecule has 0 amide bonds. The topological polar surface area (TPSA) is 39.9 Å². The molecule has 0 spiro atoms. The molecule has 0 fully saturated rings. The van der Waals surface area contributed by atoms with Gasteiger partial charge < -0.3 is 4.90 Å². The molecule has 1 aromatic heterocycles. The summed E-state index contributed by atoms with van der Waals surface area (Å²) in [5.41, 5.74) is 5.25. The first kappa shape index (κ1) is 14.1. The average molecular weight is 295 g/mol. The Kier molecular flexibility index (Phi) is 3.96. The van der Waals surface area contributed by atoms with Crippen molar-refractivity contribution in [3.8, 4) is 17.2 Å². The molecule has 2 aromatic rings. The zero-order valence-electron chi connectivity index (χ0n) is 12.3. The molecule has 0 radical (unpaired) electrons. The summed E-state index contributed by atoms with van der Waals surface area (Å²) >= 11 is 1.56. The van der Waals surface area contributed by atoms with Crippen LogP contribution in [0, 0.1) is 11.3 Å². The quantitative estimate of drug-likeness (QED) is 0.797. The minimum Gasteiger partial charge on any atom is -0.302 e. The van der Waals surface area contributed by atoms with E-state index in [1.807, 2.05) is 24.5 Å². The van der Waals surface area contributed by atoms with Gasteiger partial charge in [-0.15, -0.1) is 11.8 Å². The van der Waals surface area contributed by atoms with Crippen molar-refractivity contribution in [1.82, 2.24) is 9.88 Å². The maximum absolute atomic E-state index is 9.64. The van der Waals surface area contributed by atoms with Crippen LogP contribution in [-0.2, 0) is 13.0 Å². The summed E-state index contributed by atoms with van der Waals surface area (Å²) in [5, 5.41) is 10.5. The number of likely N-dealkylation sites (N-methyl/N-ethyl adjacent to an activating group) is 1. The zero-order valence-corrected chi connectivity index (χ0v) is 13.1. The first-order valence-electron chi connectivity index (χ1n) is 6.98. The van der Waals surface area contributed by atoms with Gasteiger partial charge in [-0.2, -0.15) is 5.26 Å². The molecule has 0 aliphatic carbocycles. The lowest BCUT2D eigenvalue weighted by Gasteiger charge is -2.27. The van der Waals surface area contributed by atoms with Gasteiger partial charge >= 0.3 is 0 Å². The molecule has 3 nitrogen and oxygen atoms in total. The zero-order chi connectivity index (χ0) is 14.8. The first-order valence-corrected chi connectivity index (χ1v) is 8.21. The van der Waals surface area contributed by atoms with Crippen molar-refractivity contribution in [2.75, 3.05) is 19.8 Å². The fourth-order valence-electron chi connectivity index (χ4n) is 2.85. The molecular formula is C17H17N3S. The van der Waals surface area contributed by atoms with E-state index in [0.29, 0.717) is 5.56 Å². The summed E-state index contributed by atoms with van der Waals surface area (Å²) in [7, 11) is 2.12. The molecule has 0 saturated heterocycles. The van der Waals surface area contributed by atoms with Crippen molar-refractivity contribution < 1.29 is 0 Å². The Labute approximate surface area is 129 Å². The largest absolute Gasteiger partial charge is 0.302 e. The third kappa shape index (κ3) is 2.55. The second kappa shape index (κ2) is 5.88. The van der Waals surface area contributed by atoms with E-state index in [1.54, 1.807) is 11.8 Å². The van der Waals surface area contributed by atoms with Crippen molar-refractivity contribution in [2.24, 2.45) is 0 Å². The van der Waals surface area contributed by atoms with Crippen LogP contribution in [0.3, 0.4) is 0 Å². The summed E-state index contributed by atoms with van der Waals surface area (Å²) < 4.78 is 0. The molecule has 0 unspecified atom stereocenters. The summed E-state index contributed by atoms with van der Waals surface area (Å²) in [5.74, 6) is 0. The summed E-state index contributed by atoms with van der Waals surface area (Å²) in [6, 6.07) is 12.6. The Hall–Kier alpha value is -1.83. The van der Waals surface area contributed by atoms with Crippen molar-refractivity contribution in [3.05, 3.63) is 47.2 Å². The van der Waals surface area contributed by atoms with E-state index in [-0.39, 0.29) is 0 Å². The third-order valence-corrected chi connectivity index (χ3v) is 4.56. The highest BCUT2D eigenvalue weighted by atomic mass is 32.2. The van der Waals surface area contributed by atoms with E-state index in [9.17, 15) is 5.26 Å². The standard InChI is InChI=1S/C17H17N3S/c1-20-9-8-15-14(11-20)16(12-6-4-3-5-7-12)13(10-18)17(19-15)21-2/h3-7H,8-9,11H2,1-2H3. The van der Waals surface area contributed by atoms with Crippen LogP contribution in [-0.4, -0.2) is 29.7 Å². The molecule has 21 heavy (non-hydrogen) atoms. The summed E-state index contributed by atoms with van der Waals surface area (Å²) in [6.07, 6.45) is 2.93. The fraction of sp³-hybridized carbons (Fsp3) is 0.294. The number of aromatic nitrogens is 1. The molecule has 106 valence electrons. The monoisotopic (exact) mass is 295 g/mol. The molecule has 4 heteroatoms. The van der Waals surface area contributed by atoms with Gasteiger partial charge in [-0.05, 0) is 24.4 Å². The summed E-state index contributed by atoms with van der Waals surface area (Å²) in [4.78, 5) is 7.03. The van der Waals surface area contributed by atoms with Crippen LogP contribution < -0.4 is 0 Å². The van der Waals surface area contributed by atoms with E-state index in [1.165, 1.54) is 5.56 Å². The predicted octanol–water partition coefficient (Wildman–Crippen LogP) is 3.33. The lowest BCUT2D eigenvalue weighted by Crippen LogP contribution is -2.28. The number of hydrogen-bond donors (Lipinski definition) is 0. The van der Waals surface area contributed by atoms with Gasteiger partial charge in [-0.25, -0.2) is 4.98 Å². The van der Waals surface area contributed by atoms with Crippen molar-refractivity contribution in [1.29, 1.82) is 5.26 Å². The smallest absolute Gasteiger partial charge is 0.114 e. The molecule has 0 bridgehead atoms. The molecule has 1 aliphatic heterocycles. The number of nitrogens with zero attached hydrogens (tertiary/aromatic N) is 3. The van der Waals surface area contributed by atoms with Crippen molar-refractivity contribution >= 4 is 11.8 Å². The van der Waals surface area contributed by atoms with Crippen molar-refractivity contribution in [2.45, 2.75) is 18.0 Å². The Morgan fingerprint density at radius 1 is 1.29 bits per heavy atom. The predicted molar refractivity (Wildman–Crippen MR) is 86.2 cm³/mol. The van der Waals surface area contributed by atoms with Gasteiger partial charge in [0, 0.05) is 30.8 Å². The number of hydrogen-bond acceptors (Lipinski definition) is 4. The highest BCUT2D eigenvalue weighted by Gasteiger charge is 2.24. The third-order valence-electron chi connectivity index (χ3n) is 3.88. The molecule has 0 atom stereocenters. The maximum Gasteiger partial charge on any atom is 0.114 e. The van der Waals surface area contributed by atoms with Crippen molar-refractivity contribution in [3.63, 3.8) is 0 Å². The normalized spacial score (nSPS) is 14.5. The molecule has 0 N–H and O–H groups in total. The highest BCUT2D eigenvalue weighted by Crippen LogP contribution is 2.36. The Morgan fingerprint density at radius 2 is 2.05 bits per heavy atom. The van der Waals surface area contributed by atoms with E-state index in [0.717, 1.165) is 41.4 Å². The van der Waals surface area contributed by atoms with E-state index >= 15 is 0 Å². The van der Waals surface area contributed by atoms with Gasteiger partial charge in [0.15, 0.2) is 0 Å². The first-order chi connectivity index (χ1) is 10.2. The van der Waals surface area contributed by atoms with Gasteiger partial charge in [0.2, 0.25) is 0 Å². The second-order valence-corrected chi connectivity index (χ2v) is 6.06. The van der Waals surface area contributed by atoms with Crippen LogP contribution in [0.4, 0.5) is 0 Å². The van der Waals surface area contributed by atoms with Gasteiger partial charge in [0.1, 0.15) is 11.1 Å². The number of fused-ring (bicyclic) bond motifs is 1. The van der Waals surface area contributed by atoms with E-state index < -0.39 is 0 Å². The van der Waals surface area contributed by atoms with Crippen LogP contribution in [0.1, 0.15) is 16.8 Å². The summed E-state index contributed by atoms with van der Waals surface area (Å²) in [6.45, 7) is 1.88. The molecule has 3 rings (SSSR count). The molecule has 0 saturated carbocycles. The molecule has 2 heterocycles.